The monoisotopic (exact) mass is 337 g/mol. The van der Waals surface area contributed by atoms with Gasteiger partial charge in [-0.05, 0) is 49.6 Å². The van der Waals surface area contributed by atoms with Gasteiger partial charge in [0.1, 0.15) is 11.5 Å². The van der Waals surface area contributed by atoms with Crippen LogP contribution in [0.5, 0.6) is 0 Å². The molecule has 4 nitrogen and oxygen atoms in total. The lowest BCUT2D eigenvalue weighted by Crippen LogP contribution is -1.93. The van der Waals surface area contributed by atoms with Gasteiger partial charge in [-0.25, -0.2) is 4.99 Å². The highest BCUT2D eigenvalue weighted by Gasteiger charge is 2.17. The molecule has 2 aromatic rings. The van der Waals surface area contributed by atoms with E-state index in [0.29, 0.717) is 0 Å². The summed E-state index contributed by atoms with van der Waals surface area (Å²) in [6.45, 7) is 4.38. The van der Waals surface area contributed by atoms with Crippen LogP contribution in [-0.4, -0.2) is 22.8 Å². The van der Waals surface area contributed by atoms with Gasteiger partial charge in [-0.15, -0.1) is 0 Å². The molecule has 0 aromatic carbocycles. The molecule has 0 spiro atoms. The second kappa shape index (κ2) is 8.06. The molecule has 0 unspecified atom stereocenters. The van der Waals surface area contributed by atoms with Crippen LogP contribution in [0.1, 0.15) is 55.3 Å². The third-order valence-corrected chi connectivity index (χ3v) is 4.55. The number of ether oxygens (including phenoxy) is 1. The van der Waals surface area contributed by atoms with Crippen molar-refractivity contribution < 1.29 is 4.74 Å². The lowest BCUT2D eigenvalue weighted by atomic mass is 10.1. The number of aryl methyl sites for hydroxylation is 2. The zero-order chi connectivity index (χ0) is 17.6. The minimum absolute atomic E-state index is 0.795. The molecule has 0 bridgehead atoms. The molecule has 3 rings (SSSR count). The van der Waals surface area contributed by atoms with E-state index in [-0.39, 0.29) is 0 Å². The summed E-state index contributed by atoms with van der Waals surface area (Å²) >= 11 is 0. The molecular weight excluding hydrogens is 310 g/mol. The van der Waals surface area contributed by atoms with Crippen LogP contribution >= 0.6 is 0 Å². The predicted octanol–water partition coefficient (Wildman–Crippen LogP) is 5.15. The third-order valence-electron chi connectivity index (χ3n) is 4.55. The lowest BCUT2D eigenvalue weighted by molar-refractivity contribution is 0.303. The van der Waals surface area contributed by atoms with Gasteiger partial charge >= 0.3 is 0 Å². The number of hydrogen-bond acceptors (Lipinski definition) is 2. The van der Waals surface area contributed by atoms with E-state index in [4.69, 9.17) is 9.73 Å². The van der Waals surface area contributed by atoms with E-state index in [0.717, 1.165) is 35.0 Å². The summed E-state index contributed by atoms with van der Waals surface area (Å²) in [6.07, 6.45) is 12.2. The molecule has 1 aliphatic rings. The SMILES string of the molecule is CCCCCCc1cc(C)c(/C=C2/N=C(c3ccc[nH]3)C=C2OC)[nH]1. The van der Waals surface area contributed by atoms with Gasteiger partial charge in [-0.1, -0.05) is 26.2 Å². The van der Waals surface area contributed by atoms with Crippen molar-refractivity contribution in [3.8, 4) is 0 Å². The van der Waals surface area contributed by atoms with E-state index < -0.39 is 0 Å². The summed E-state index contributed by atoms with van der Waals surface area (Å²) in [4.78, 5) is 11.5. The fourth-order valence-corrected chi connectivity index (χ4v) is 3.12. The molecule has 0 saturated carbocycles. The highest BCUT2D eigenvalue weighted by molar-refractivity contribution is 6.11. The molecule has 3 heterocycles. The van der Waals surface area contributed by atoms with E-state index in [1.807, 2.05) is 24.4 Å². The first-order valence-electron chi connectivity index (χ1n) is 9.10. The molecule has 0 atom stereocenters. The molecule has 1 aliphatic heterocycles. The zero-order valence-electron chi connectivity index (χ0n) is 15.4. The summed E-state index contributed by atoms with van der Waals surface area (Å²) in [6, 6.07) is 6.23. The van der Waals surface area contributed by atoms with Gasteiger partial charge in [-0.3, -0.25) is 0 Å². The molecule has 2 N–H and O–H groups in total. The van der Waals surface area contributed by atoms with Crippen LogP contribution in [0.4, 0.5) is 0 Å². The highest BCUT2D eigenvalue weighted by Crippen LogP contribution is 2.26. The van der Waals surface area contributed by atoms with Crippen molar-refractivity contribution in [3.05, 3.63) is 64.6 Å². The molecule has 2 aromatic heterocycles. The first-order valence-corrected chi connectivity index (χ1v) is 9.10. The summed E-state index contributed by atoms with van der Waals surface area (Å²) < 4.78 is 5.51. The highest BCUT2D eigenvalue weighted by atomic mass is 16.5. The number of aliphatic imine (C=N–C) groups is 1. The van der Waals surface area contributed by atoms with Crippen LogP contribution in [-0.2, 0) is 11.2 Å². The third kappa shape index (κ3) is 4.13. The Hall–Kier alpha value is -2.49. The number of hydrogen-bond donors (Lipinski definition) is 2. The number of aromatic amines is 2. The Bertz CT molecular complexity index is 791. The quantitative estimate of drug-likeness (QED) is 0.643. The van der Waals surface area contributed by atoms with E-state index in [1.165, 1.54) is 36.9 Å². The van der Waals surface area contributed by atoms with Gasteiger partial charge in [0, 0.05) is 23.7 Å². The summed E-state index contributed by atoms with van der Waals surface area (Å²) in [5, 5.41) is 0. The average Bonchev–Trinajstić information content (AvgIpc) is 3.32. The molecule has 0 radical (unpaired) electrons. The first kappa shape index (κ1) is 17.3. The minimum Gasteiger partial charge on any atom is -0.494 e. The van der Waals surface area contributed by atoms with Crippen LogP contribution < -0.4 is 0 Å². The lowest BCUT2D eigenvalue weighted by Gasteiger charge is -2.01. The minimum atomic E-state index is 0.795. The standard InChI is InChI=1S/C21H27N3O/c1-4-5-6-7-9-16-12-15(2)18(23-16)13-20-21(25-3)14-19(24-20)17-10-8-11-22-17/h8,10-14,22-23H,4-7,9H2,1-3H3/b20-13+. The Morgan fingerprint density at radius 2 is 2.12 bits per heavy atom. The van der Waals surface area contributed by atoms with Gasteiger partial charge in [0.2, 0.25) is 0 Å². The maximum atomic E-state index is 5.51. The number of methoxy groups -OCH3 is 1. The number of rotatable bonds is 8. The number of aromatic nitrogens is 2. The largest absolute Gasteiger partial charge is 0.494 e. The number of H-pyrrole nitrogens is 2. The molecule has 0 fully saturated rings. The van der Waals surface area contributed by atoms with E-state index in [2.05, 4.69) is 36.0 Å². The van der Waals surface area contributed by atoms with E-state index in [9.17, 15) is 0 Å². The van der Waals surface area contributed by atoms with Crippen molar-refractivity contribution in [2.45, 2.75) is 46.0 Å². The van der Waals surface area contributed by atoms with Crippen molar-refractivity contribution in [3.63, 3.8) is 0 Å². The Kier molecular flexibility index (Phi) is 5.59. The van der Waals surface area contributed by atoms with Crippen LogP contribution in [0.2, 0.25) is 0 Å². The molecule has 0 aliphatic carbocycles. The number of nitrogens with one attached hydrogen (secondary N) is 2. The van der Waals surface area contributed by atoms with Crippen LogP contribution in [0.3, 0.4) is 0 Å². The maximum absolute atomic E-state index is 5.51. The molecule has 132 valence electrons. The summed E-state index contributed by atoms with van der Waals surface area (Å²) in [7, 11) is 1.69. The van der Waals surface area contributed by atoms with Crippen molar-refractivity contribution in [2.75, 3.05) is 7.11 Å². The zero-order valence-corrected chi connectivity index (χ0v) is 15.4. The average molecular weight is 337 g/mol. The Labute approximate surface area is 149 Å². The van der Waals surface area contributed by atoms with Crippen LogP contribution in [0, 0.1) is 6.92 Å². The normalized spacial score (nSPS) is 15.6. The number of unbranched alkanes of at least 4 members (excludes halogenated alkanes) is 3. The molecule has 4 heteroatoms. The Morgan fingerprint density at radius 3 is 2.84 bits per heavy atom. The topological polar surface area (TPSA) is 53.2 Å². The smallest absolute Gasteiger partial charge is 0.146 e. The summed E-state index contributed by atoms with van der Waals surface area (Å²) in [5.41, 5.74) is 6.41. The molecular formula is C21H27N3O. The predicted molar refractivity (Wildman–Crippen MR) is 104 cm³/mol. The first-order chi connectivity index (χ1) is 12.2. The van der Waals surface area contributed by atoms with Crippen molar-refractivity contribution in [1.82, 2.24) is 9.97 Å². The van der Waals surface area contributed by atoms with Crippen molar-refractivity contribution in [2.24, 2.45) is 4.99 Å². The van der Waals surface area contributed by atoms with E-state index >= 15 is 0 Å². The van der Waals surface area contributed by atoms with Crippen LogP contribution in [0.25, 0.3) is 6.08 Å². The molecule has 25 heavy (non-hydrogen) atoms. The van der Waals surface area contributed by atoms with Crippen molar-refractivity contribution in [1.29, 1.82) is 0 Å². The Balaban J connectivity index is 1.78. The van der Waals surface area contributed by atoms with Gasteiger partial charge in [0.05, 0.1) is 18.5 Å². The van der Waals surface area contributed by atoms with Gasteiger partial charge in [0.25, 0.3) is 0 Å². The second-order valence-corrected chi connectivity index (χ2v) is 6.53. The van der Waals surface area contributed by atoms with Gasteiger partial charge < -0.3 is 14.7 Å². The number of allylic oxidation sites excluding steroid dienone is 1. The summed E-state index contributed by atoms with van der Waals surface area (Å²) in [5.74, 6) is 0.795. The Morgan fingerprint density at radius 1 is 1.24 bits per heavy atom. The van der Waals surface area contributed by atoms with Crippen molar-refractivity contribution >= 4 is 11.8 Å². The fourth-order valence-electron chi connectivity index (χ4n) is 3.12. The molecule has 0 saturated heterocycles. The molecule has 0 amide bonds. The fraction of sp³-hybridized carbons (Fsp3) is 0.381. The van der Waals surface area contributed by atoms with E-state index in [1.54, 1.807) is 7.11 Å². The van der Waals surface area contributed by atoms with Gasteiger partial charge in [-0.2, -0.15) is 0 Å². The maximum Gasteiger partial charge on any atom is 0.146 e. The van der Waals surface area contributed by atoms with Gasteiger partial charge in [0.15, 0.2) is 0 Å². The second-order valence-electron chi connectivity index (χ2n) is 6.53. The van der Waals surface area contributed by atoms with Crippen LogP contribution in [0.15, 0.2) is 46.9 Å². The number of nitrogens with zero attached hydrogens (tertiary/aromatic N) is 1.